The van der Waals surface area contributed by atoms with Crippen LogP contribution in [0.1, 0.15) is 37.7 Å². The van der Waals surface area contributed by atoms with E-state index in [2.05, 4.69) is 39.9 Å². The minimum atomic E-state index is 0.200. The number of carbonyl (C=O) groups is 1. The zero-order valence-electron chi connectivity index (χ0n) is 12.5. The number of hydrogen-bond acceptors (Lipinski definition) is 2. The Morgan fingerprint density at radius 2 is 2.10 bits per heavy atom. The average Bonchev–Trinajstić information content (AvgIpc) is 3.27. The van der Waals surface area contributed by atoms with Crippen LogP contribution in [0.15, 0.2) is 28.7 Å². The molecular formula is C17H23BrN2O. The zero-order chi connectivity index (χ0) is 15.0. The molecule has 1 saturated heterocycles. The fourth-order valence-electron chi connectivity index (χ4n) is 3.45. The van der Waals surface area contributed by atoms with E-state index in [4.69, 9.17) is 5.73 Å². The lowest BCUT2D eigenvalue weighted by Crippen LogP contribution is -2.43. The van der Waals surface area contributed by atoms with Gasteiger partial charge in [-0.3, -0.25) is 4.79 Å². The molecule has 1 amide bonds. The highest BCUT2D eigenvalue weighted by Gasteiger charge is 2.46. The Hall–Kier alpha value is -0.870. The third-order valence-corrected chi connectivity index (χ3v) is 5.47. The molecule has 1 aromatic rings. The second-order valence-electron chi connectivity index (χ2n) is 6.53. The molecule has 0 aromatic heterocycles. The van der Waals surface area contributed by atoms with Crippen LogP contribution in [0.2, 0.25) is 0 Å². The molecule has 114 valence electrons. The number of nitrogens with two attached hydrogens (primary N) is 1. The minimum Gasteiger partial charge on any atom is -0.342 e. The highest BCUT2D eigenvalue weighted by atomic mass is 79.9. The van der Waals surface area contributed by atoms with Crippen LogP contribution in [0, 0.1) is 11.8 Å². The smallest absolute Gasteiger partial charge is 0.226 e. The number of nitrogens with zero attached hydrogens (tertiary/aromatic N) is 1. The van der Waals surface area contributed by atoms with E-state index in [-0.39, 0.29) is 12.0 Å². The number of rotatable bonds is 3. The maximum absolute atomic E-state index is 12.6. The monoisotopic (exact) mass is 350 g/mol. The molecule has 4 heteroatoms. The van der Waals surface area contributed by atoms with E-state index in [9.17, 15) is 4.79 Å². The summed E-state index contributed by atoms with van der Waals surface area (Å²) in [6.45, 7) is 3.84. The summed E-state index contributed by atoms with van der Waals surface area (Å²) in [7, 11) is 0. The summed E-state index contributed by atoms with van der Waals surface area (Å²) in [5, 5.41) is 0. The highest BCUT2D eigenvalue weighted by molar-refractivity contribution is 9.10. The largest absolute Gasteiger partial charge is 0.342 e. The van der Waals surface area contributed by atoms with Crippen molar-refractivity contribution in [2.24, 2.45) is 17.6 Å². The Labute approximate surface area is 135 Å². The van der Waals surface area contributed by atoms with Gasteiger partial charge in [-0.05, 0) is 55.7 Å². The van der Waals surface area contributed by atoms with Crippen LogP contribution in [-0.2, 0) is 4.79 Å². The van der Waals surface area contributed by atoms with E-state index in [1.165, 1.54) is 5.56 Å². The van der Waals surface area contributed by atoms with Crippen LogP contribution in [-0.4, -0.2) is 29.9 Å². The van der Waals surface area contributed by atoms with E-state index in [1.807, 2.05) is 12.1 Å². The van der Waals surface area contributed by atoms with E-state index < -0.39 is 0 Å². The molecule has 3 nitrogen and oxygen atoms in total. The number of likely N-dealkylation sites (tertiary alicyclic amines) is 1. The highest BCUT2D eigenvalue weighted by Crippen LogP contribution is 2.49. The van der Waals surface area contributed by atoms with Crippen molar-refractivity contribution in [2.45, 2.75) is 38.1 Å². The van der Waals surface area contributed by atoms with Gasteiger partial charge in [-0.1, -0.05) is 28.1 Å². The maximum atomic E-state index is 12.6. The van der Waals surface area contributed by atoms with Crippen molar-refractivity contribution in [3.63, 3.8) is 0 Å². The quantitative estimate of drug-likeness (QED) is 0.909. The molecule has 2 fully saturated rings. The lowest BCUT2D eigenvalue weighted by atomic mass is 9.91. The van der Waals surface area contributed by atoms with Crippen molar-refractivity contribution in [1.29, 1.82) is 0 Å². The molecule has 1 aliphatic heterocycles. The number of hydrogen-bond donors (Lipinski definition) is 1. The molecule has 1 aromatic carbocycles. The minimum absolute atomic E-state index is 0.200. The molecule has 1 saturated carbocycles. The summed E-state index contributed by atoms with van der Waals surface area (Å²) in [4.78, 5) is 14.6. The first-order chi connectivity index (χ1) is 10.1. The molecule has 0 bridgehead atoms. The fraction of sp³-hybridized carbons (Fsp3) is 0.588. The van der Waals surface area contributed by atoms with E-state index >= 15 is 0 Å². The summed E-state index contributed by atoms with van der Waals surface area (Å²) < 4.78 is 1.09. The second kappa shape index (κ2) is 6.09. The van der Waals surface area contributed by atoms with Gasteiger partial charge in [0.05, 0.1) is 0 Å². The Balaban J connectivity index is 1.56. The Morgan fingerprint density at radius 3 is 2.71 bits per heavy atom. The molecule has 21 heavy (non-hydrogen) atoms. The third kappa shape index (κ3) is 3.32. The number of halogens is 1. The van der Waals surface area contributed by atoms with Crippen LogP contribution in [0.3, 0.4) is 0 Å². The summed E-state index contributed by atoms with van der Waals surface area (Å²) in [5.41, 5.74) is 7.25. The zero-order valence-corrected chi connectivity index (χ0v) is 14.1. The average molecular weight is 351 g/mol. The first-order valence-corrected chi connectivity index (χ1v) is 8.65. The summed E-state index contributed by atoms with van der Waals surface area (Å²) >= 11 is 3.50. The second-order valence-corrected chi connectivity index (χ2v) is 7.44. The van der Waals surface area contributed by atoms with E-state index in [0.29, 0.717) is 17.7 Å². The first kappa shape index (κ1) is 15.0. The van der Waals surface area contributed by atoms with E-state index in [0.717, 1.165) is 36.8 Å². The Morgan fingerprint density at radius 1 is 1.38 bits per heavy atom. The van der Waals surface area contributed by atoms with Crippen molar-refractivity contribution >= 4 is 21.8 Å². The van der Waals surface area contributed by atoms with Crippen molar-refractivity contribution in [3.8, 4) is 0 Å². The van der Waals surface area contributed by atoms with Gasteiger partial charge in [0.1, 0.15) is 0 Å². The molecule has 3 atom stereocenters. The number of benzene rings is 1. The van der Waals surface area contributed by atoms with Crippen molar-refractivity contribution < 1.29 is 4.79 Å². The number of piperidine rings is 1. The standard InChI is InChI=1S/C17H23BrN2O/c1-11(19)12-5-7-20(8-6-12)17(21)16-10-15(16)13-3-2-4-14(18)9-13/h2-4,9,11-12,15-16H,5-8,10,19H2,1H3. The SMILES string of the molecule is CC(N)C1CCN(C(=O)C2CC2c2cccc(Br)c2)CC1. The number of carbonyl (C=O) groups excluding carboxylic acids is 1. The lowest BCUT2D eigenvalue weighted by Gasteiger charge is -2.34. The van der Waals surface area contributed by atoms with Crippen molar-refractivity contribution in [2.75, 3.05) is 13.1 Å². The van der Waals surface area contributed by atoms with Gasteiger partial charge in [0.25, 0.3) is 0 Å². The molecule has 2 N–H and O–H groups in total. The van der Waals surface area contributed by atoms with Gasteiger partial charge in [-0.2, -0.15) is 0 Å². The van der Waals surface area contributed by atoms with E-state index in [1.54, 1.807) is 0 Å². The predicted octanol–water partition coefficient (Wildman–Crippen LogP) is 3.14. The molecule has 1 heterocycles. The molecule has 0 radical (unpaired) electrons. The van der Waals surface area contributed by atoms with Gasteiger partial charge in [-0.15, -0.1) is 0 Å². The predicted molar refractivity (Wildman–Crippen MR) is 87.9 cm³/mol. The van der Waals surface area contributed by atoms with Gasteiger partial charge < -0.3 is 10.6 Å². The summed E-state index contributed by atoms with van der Waals surface area (Å²) in [6, 6.07) is 8.60. The van der Waals surface area contributed by atoms with Crippen LogP contribution in [0.5, 0.6) is 0 Å². The van der Waals surface area contributed by atoms with Gasteiger partial charge in [0.15, 0.2) is 0 Å². The Kier molecular flexibility index (Phi) is 4.36. The summed E-state index contributed by atoms with van der Waals surface area (Å²) in [6.07, 6.45) is 3.11. The van der Waals surface area contributed by atoms with Gasteiger partial charge in [0, 0.05) is 29.5 Å². The van der Waals surface area contributed by atoms with Crippen molar-refractivity contribution in [1.82, 2.24) is 4.90 Å². The van der Waals surface area contributed by atoms with Gasteiger partial charge in [-0.25, -0.2) is 0 Å². The molecule has 3 unspecified atom stereocenters. The van der Waals surface area contributed by atoms with Crippen molar-refractivity contribution in [3.05, 3.63) is 34.3 Å². The number of amides is 1. The van der Waals surface area contributed by atoms with Crippen LogP contribution >= 0.6 is 15.9 Å². The lowest BCUT2D eigenvalue weighted by molar-refractivity contribution is -0.134. The van der Waals surface area contributed by atoms with Crippen LogP contribution in [0.25, 0.3) is 0 Å². The van der Waals surface area contributed by atoms with Gasteiger partial charge >= 0.3 is 0 Å². The molecule has 3 rings (SSSR count). The Bertz CT molecular complexity index is 523. The molecule has 0 spiro atoms. The van der Waals surface area contributed by atoms with Gasteiger partial charge in [0.2, 0.25) is 5.91 Å². The van der Waals surface area contributed by atoms with Crippen LogP contribution < -0.4 is 5.73 Å². The maximum Gasteiger partial charge on any atom is 0.226 e. The van der Waals surface area contributed by atoms with Crippen LogP contribution in [0.4, 0.5) is 0 Å². The molecule has 1 aliphatic carbocycles. The summed E-state index contributed by atoms with van der Waals surface area (Å²) in [5.74, 6) is 1.55. The topological polar surface area (TPSA) is 46.3 Å². The first-order valence-electron chi connectivity index (χ1n) is 7.86. The third-order valence-electron chi connectivity index (χ3n) is 4.98. The fourth-order valence-corrected chi connectivity index (χ4v) is 3.87. The molecular weight excluding hydrogens is 328 g/mol. The normalized spacial score (nSPS) is 27.5. The molecule has 2 aliphatic rings.